The number of amides is 2. The summed E-state index contributed by atoms with van der Waals surface area (Å²) in [5, 5.41) is 5.53. The van der Waals surface area contributed by atoms with E-state index in [1.54, 1.807) is 138 Å². The van der Waals surface area contributed by atoms with Crippen molar-refractivity contribution < 1.29 is 82.1 Å². The summed E-state index contributed by atoms with van der Waals surface area (Å²) in [5.74, 6) is -3.97. The molecule has 2 aromatic rings. The largest absolute Gasteiger partial charge is 0.465 e. The molecule has 1 aliphatic carbocycles. The van der Waals surface area contributed by atoms with Crippen LogP contribution in [0.25, 0.3) is 11.1 Å². The van der Waals surface area contributed by atoms with Gasteiger partial charge in [0.05, 0.1) is 8.52 Å². The van der Waals surface area contributed by atoms with E-state index in [0.717, 1.165) is 125 Å². The number of nitrogens with one attached hydrogen (secondary N) is 2. The van der Waals surface area contributed by atoms with E-state index in [-0.39, 0.29) is 43.7 Å². The minimum absolute atomic E-state index is 0.0194. The number of hydrogen-bond acceptors (Lipinski definition) is 17. The van der Waals surface area contributed by atoms with Gasteiger partial charge in [-0.15, -0.1) is 0 Å². The van der Waals surface area contributed by atoms with Crippen molar-refractivity contribution in [2.24, 2.45) is 16.6 Å². The second kappa shape index (κ2) is 49.0. The van der Waals surface area contributed by atoms with Gasteiger partial charge in [0, 0.05) is 31.7 Å². The van der Waals surface area contributed by atoms with Crippen molar-refractivity contribution in [3.05, 3.63) is 59.7 Å². The number of unbranched alkanes of at least 4 members (excludes halogenated alkanes) is 24. The molecule has 107 heavy (non-hydrogen) atoms. The van der Waals surface area contributed by atoms with E-state index in [2.05, 4.69) is 34.9 Å². The molecule has 2 atom stereocenters. The first kappa shape index (κ1) is 96.6. The highest BCUT2D eigenvalue weighted by Crippen LogP contribution is 2.45. The number of halogens is 1. The van der Waals surface area contributed by atoms with Gasteiger partial charge in [-0.25, -0.2) is 9.59 Å². The van der Waals surface area contributed by atoms with Crippen LogP contribution >= 0.6 is 0 Å². The Hall–Kier alpha value is -6.44. The highest BCUT2D eigenvalue weighted by atomic mass is 19.1. The van der Waals surface area contributed by atoms with Crippen molar-refractivity contribution in [3.63, 3.8) is 0 Å². The van der Waals surface area contributed by atoms with E-state index in [1.807, 2.05) is 24.3 Å². The van der Waals surface area contributed by atoms with Gasteiger partial charge in [0.15, 0.2) is 10.8 Å². The van der Waals surface area contributed by atoms with Crippen LogP contribution in [0.2, 0.25) is 0 Å². The van der Waals surface area contributed by atoms with Gasteiger partial charge in [-0.05, 0) is 193 Å². The maximum absolute atomic E-state index is 13.1. The fourth-order valence-corrected chi connectivity index (χ4v) is 12.2. The summed E-state index contributed by atoms with van der Waals surface area (Å²) in [6, 6.07) is 14.6. The van der Waals surface area contributed by atoms with Gasteiger partial charge >= 0.3 is 41.8 Å². The van der Waals surface area contributed by atoms with E-state index in [0.29, 0.717) is 25.7 Å². The average Bonchev–Trinajstić information content (AvgIpc) is 1.59. The molecule has 3 rings (SSSR count). The Morgan fingerprint density at radius 1 is 0.383 bits per heavy atom. The van der Waals surface area contributed by atoms with Crippen molar-refractivity contribution in [2.75, 3.05) is 20.3 Å². The molecule has 0 heterocycles. The molecule has 19 nitrogen and oxygen atoms in total. The average molecular weight is 1510 g/mol. The third-order valence-corrected chi connectivity index (χ3v) is 17.9. The standard InChI is InChI=1S/C51H77NO9.C35H66N2O7.CH3F/c1-48(2,3)59-45(55)42(33-34-44(54)58-36-41-39-30-25-23-28-37(39)38-29-24-26-31-40(38)41)52-43(53)32-22-20-18-16-14-12-11-13-15-17-19-21-27-35-51(10,46(56)60-49(4,5)6)47(57)61-50(7,8)9;1-32(2,3)42-29(39)27(26-36)37-28(38)24-22-20-18-16-14-12-11-13-15-17-19-21-23-25-35(10,30(40)43-33(4,5)6)31(41)44-34(7,8)9;1-2/h23-26,28-31,41-42H,11-22,27,32-36H2,1-10H3,(H,52,53);27H,11-26,36H2,1-10H3,(H,37,38);1H3/i;;1D. The smallest absolute Gasteiger partial charge is 0.330 e. The number of carbonyl (C=O) groups is 9. The van der Waals surface area contributed by atoms with Gasteiger partial charge in [-0.1, -0.05) is 203 Å². The SMILES string of the molecule is CC(C)(C)OC(=O)C(CCC(=O)OCC1c2ccccc2-c2ccccc21)NC(=O)CCCCCCCCCCCCCCCC(C)(C(=O)OC(C)(C)C)C(=O)OC(C)(C)C.CC(C)(C)OC(=O)C(CN)NC(=O)CCCCCCCCCCCCCCCC(C)(C(=O)OC(C)(C)C)C(=O)OC(C)(C)C.[2H]CF. The zero-order chi connectivity index (χ0) is 82.0. The van der Waals surface area contributed by atoms with Gasteiger partial charge in [0.2, 0.25) is 11.8 Å². The van der Waals surface area contributed by atoms with Crippen LogP contribution in [-0.4, -0.2) is 120 Å². The van der Waals surface area contributed by atoms with Gasteiger partial charge in [0.25, 0.3) is 0 Å². The number of benzene rings is 2. The quantitative estimate of drug-likeness (QED) is 0.0241. The van der Waals surface area contributed by atoms with Crippen LogP contribution in [0.3, 0.4) is 0 Å². The van der Waals surface area contributed by atoms with Gasteiger partial charge in [-0.3, -0.25) is 38.0 Å². The van der Waals surface area contributed by atoms with Crippen molar-refractivity contribution in [3.8, 4) is 11.1 Å². The Morgan fingerprint density at radius 2 is 0.636 bits per heavy atom. The molecule has 4 N–H and O–H groups in total. The van der Waals surface area contributed by atoms with Crippen LogP contribution in [0.4, 0.5) is 4.39 Å². The summed E-state index contributed by atoms with van der Waals surface area (Å²) in [7, 11) is -1.00. The van der Waals surface area contributed by atoms with E-state index in [1.165, 1.54) is 64.2 Å². The lowest BCUT2D eigenvalue weighted by molar-refractivity contribution is -0.186. The van der Waals surface area contributed by atoms with Crippen LogP contribution in [0.15, 0.2) is 48.5 Å². The molecule has 0 aliphatic heterocycles. The lowest BCUT2D eigenvalue weighted by Gasteiger charge is -2.32. The molecule has 0 aromatic heterocycles. The first-order valence-electron chi connectivity index (χ1n) is 40.8. The molecular weight excluding hydrogens is 1360 g/mol. The molecule has 2 amide bonds. The van der Waals surface area contributed by atoms with E-state index in [9.17, 15) is 47.5 Å². The zero-order valence-electron chi connectivity index (χ0n) is 71.1. The van der Waals surface area contributed by atoms with Crippen LogP contribution in [-0.2, 0) is 76.3 Å². The molecule has 0 fully saturated rings. The number of fused-ring (bicyclic) bond motifs is 3. The zero-order valence-corrected chi connectivity index (χ0v) is 70.1. The van der Waals surface area contributed by atoms with Gasteiger partial charge in [0.1, 0.15) is 52.3 Å². The molecule has 0 saturated carbocycles. The molecule has 1 aliphatic rings. The van der Waals surface area contributed by atoms with E-state index in [4.69, 9.17) is 40.3 Å². The fourth-order valence-electron chi connectivity index (χ4n) is 12.2. The van der Waals surface area contributed by atoms with E-state index < -0.39 is 105 Å². The minimum atomic E-state index is -1.32. The monoisotopic (exact) mass is 1510 g/mol. The number of nitrogens with two attached hydrogens (primary N) is 1. The first-order chi connectivity index (χ1) is 50.2. The molecule has 2 aromatic carbocycles. The molecule has 0 saturated heterocycles. The minimum Gasteiger partial charge on any atom is -0.465 e. The predicted molar refractivity (Wildman–Crippen MR) is 424 cm³/mol. The number of hydrogen-bond donors (Lipinski definition) is 3. The summed E-state index contributed by atoms with van der Waals surface area (Å²) < 4.78 is 54.5. The Labute approximate surface area is 646 Å². The predicted octanol–water partition coefficient (Wildman–Crippen LogP) is 19.4. The van der Waals surface area contributed by atoms with E-state index >= 15 is 0 Å². The second-order valence-electron chi connectivity index (χ2n) is 35.4. The number of carbonyl (C=O) groups excluding carboxylic acids is 9. The third kappa shape index (κ3) is 43.5. The molecule has 2 unspecified atom stereocenters. The topological polar surface area (TPSA) is 268 Å². The Morgan fingerprint density at radius 3 is 0.916 bits per heavy atom. The highest BCUT2D eigenvalue weighted by molar-refractivity contribution is 6.00. The molecule has 0 bridgehead atoms. The Bertz CT molecular complexity index is 2900. The lowest BCUT2D eigenvalue weighted by Crippen LogP contribution is -2.48. The van der Waals surface area contributed by atoms with Crippen LogP contribution < -0.4 is 16.4 Å². The maximum atomic E-state index is 13.1. The highest BCUT2D eigenvalue weighted by Gasteiger charge is 2.48. The summed E-state index contributed by atoms with van der Waals surface area (Å²) >= 11 is 0. The summed E-state index contributed by atoms with van der Waals surface area (Å²) in [6.07, 6.45) is 29.3. The van der Waals surface area contributed by atoms with Crippen LogP contribution in [0.1, 0.15) is 362 Å². The number of ether oxygens (including phenoxy) is 7. The van der Waals surface area contributed by atoms with Crippen LogP contribution in [0.5, 0.6) is 0 Å². The van der Waals surface area contributed by atoms with Crippen molar-refractivity contribution in [2.45, 2.75) is 396 Å². The summed E-state index contributed by atoms with van der Waals surface area (Å²) in [4.78, 5) is 115. The van der Waals surface area contributed by atoms with Gasteiger partial charge in [-0.2, -0.15) is 0 Å². The summed E-state index contributed by atoms with van der Waals surface area (Å²) in [5.41, 5.74) is 3.54. The molecule has 612 valence electrons. The summed E-state index contributed by atoms with van der Waals surface area (Å²) in [6.45, 7) is 35.9. The molecular formula is C87H146FN3O16. The number of rotatable bonds is 46. The third-order valence-electron chi connectivity index (χ3n) is 17.9. The van der Waals surface area contributed by atoms with Crippen molar-refractivity contribution in [1.82, 2.24) is 10.6 Å². The van der Waals surface area contributed by atoms with Crippen molar-refractivity contribution >= 4 is 53.6 Å². The number of esters is 7. The molecule has 0 spiro atoms. The van der Waals surface area contributed by atoms with Gasteiger partial charge < -0.3 is 49.5 Å². The van der Waals surface area contributed by atoms with Crippen LogP contribution in [0, 0.1) is 10.8 Å². The second-order valence-corrected chi connectivity index (χ2v) is 35.4. The first-order valence-corrected chi connectivity index (χ1v) is 40.1. The maximum Gasteiger partial charge on any atom is 0.330 e. The Balaban J connectivity index is 0.00000110. The lowest BCUT2D eigenvalue weighted by atomic mass is 9.84. The molecule has 20 heteroatoms. The number of alkyl halides is 1. The fraction of sp³-hybridized carbons (Fsp3) is 0.759. The molecule has 0 radical (unpaired) electrons. The normalized spacial score (nSPS) is 13.3. The Kier molecular flexibility index (Phi) is 44.2. The van der Waals surface area contributed by atoms with Crippen molar-refractivity contribution in [1.29, 1.82) is 0 Å².